The van der Waals surface area contributed by atoms with Crippen LogP contribution in [0.25, 0.3) is 0 Å². The monoisotopic (exact) mass is 268 g/mol. The molecule has 1 unspecified atom stereocenters. The van der Waals surface area contributed by atoms with E-state index < -0.39 is 5.60 Å². The van der Waals surface area contributed by atoms with E-state index in [2.05, 4.69) is 0 Å². The Kier molecular flexibility index (Phi) is 3.50. The molecule has 2 rings (SSSR count). The van der Waals surface area contributed by atoms with Gasteiger partial charge in [-0.05, 0) is 38.1 Å². The molecule has 1 heterocycles. The van der Waals surface area contributed by atoms with Gasteiger partial charge in [0.2, 0.25) is 0 Å². The molecule has 1 aromatic rings. The number of anilines is 1. The van der Waals surface area contributed by atoms with E-state index in [4.69, 9.17) is 22.1 Å². The Balaban J connectivity index is 2.29. The van der Waals surface area contributed by atoms with E-state index in [1.165, 1.54) is 0 Å². The largest absolute Gasteiger partial charge is 0.441 e. The van der Waals surface area contributed by atoms with Crippen molar-refractivity contribution in [2.24, 2.45) is 5.73 Å². The third-order valence-corrected chi connectivity index (χ3v) is 3.42. The van der Waals surface area contributed by atoms with Crippen molar-refractivity contribution in [2.75, 3.05) is 18.0 Å². The van der Waals surface area contributed by atoms with Crippen LogP contribution in [0.1, 0.15) is 18.9 Å². The number of rotatable bonds is 3. The summed E-state index contributed by atoms with van der Waals surface area (Å²) in [5.74, 6) is 0. The maximum absolute atomic E-state index is 11.9. The van der Waals surface area contributed by atoms with Crippen LogP contribution in [0.3, 0.4) is 0 Å². The van der Waals surface area contributed by atoms with Crippen molar-refractivity contribution in [1.29, 1.82) is 0 Å². The number of halogens is 1. The molecule has 0 saturated carbocycles. The second-order valence-corrected chi connectivity index (χ2v) is 5.31. The summed E-state index contributed by atoms with van der Waals surface area (Å²) in [5.41, 5.74) is 6.83. The number of benzene rings is 1. The van der Waals surface area contributed by atoms with E-state index in [1.807, 2.05) is 19.9 Å². The summed E-state index contributed by atoms with van der Waals surface area (Å²) in [4.78, 5) is 13.6. The molecular weight excluding hydrogens is 252 g/mol. The van der Waals surface area contributed by atoms with Gasteiger partial charge in [0, 0.05) is 11.4 Å². The van der Waals surface area contributed by atoms with E-state index in [-0.39, 0.29) is 6.09 Å². The van der Waals surface area contributed by atoms with Crippen molar-refractivity contribution in [1.82, 2.24) is 0 Å². The topological polar surface area (TPSA) is 55.6 Å². The molecule has 18 heavy (non-hydrogen) atoms. The molecule has 0 spiro atoms. The van der Waals surface area contributed by atoms with Crippen molar-refractivity contribution in [3.05, 3.63) is 28.8 Å². The van der Waals surface area contributed by atoms with Crippen LogP contribution in [-0.2, 0) is 4.74 Å². The molecule has 1 amide bonds. The van der Waals surface area contributed by atoms with Crippen LogP contribution >= 0.6 is 11.6 Å². The average molecular weight is 269 g/mol. The van der Waals surface area contributed by atoms with E-state index in [9.17, 15) is 4.79 Å². The number of hydrogen-bond donors (Lipinski definition) is 1. The lowest BCUT2D eigenvalue weighted by Crippen LogP contribution is -2.33. The minimum Gasteiger partial charge on any atom is -0.441 e. The van der Waals surface area contributed by atoms with E-state index in [0.717, 1.165) is 11.3 Å². The lowest BCUT2D eigenvalue weighted by molar-refractivity contribution is 0.0672. The van der Waals surface area contributed by atoms with E-state index >= 15 is 0 Å². The zero-order valence-electron chi connectivity index (χ0n) is 10.6. The van der Waals surface area contributed by atoms with Crippen molar-refractivity contribution in [3.63, 3.8) is 0 Å². The molecular formula is C13H17ClN2O2. The van der Waals surface area contributed by atoms with Gasteiger partial charge < -0.3 is 10.5 Å². The van der Waals surface area contributed by atoms with Crippen LogP contribution in [0.15, 0.2) is 18.2 Å². The number of carbonyl (C=O) groups is 1. The first-order chi connectivity index (χ1) is 8.45. The fourth-order valence-corrected chi connectivity index (χ4v) is 2.36. The predicted molar refractivity (Wildman–Crippen MR) is 72.1 cm³/mol. The number of hydrogen-bond acceptors (Lipinski definition) is 3. The molecule has 1 aliphatic rings. The molecule has 1 saturated heterocycles. The van der Waals surface area contributed by atoms with Crippen molar-refractivity contribution in [2.45, 2.75) is 25.9 Å². The quantitative estimate of drug-likeness (QED) is 0.917. The summed E-state index contributed by atoms with van der Waals surface area (Å²) in [6.45, 7) is 4.84. The fraction of sp³-hybridized carbons (Fsp3) is 0.462. The van der Waals surface area contributed by atoms with Crippen molar-refractivity contribution >= 4 is 23.4 Å². The number of aryl methyl sites for hydroxylation is 1. The third kappa shape index (κ3) is 2.44. The van der Waals surface area contributed by atoms with Crippen LogP contribution < -0.4 is 10.6 Å². The highest BCUT2D eigenvalue weighted by Crippen LogP contribution is 2.33. The van der Waals surface area contributed by atoms with Crippen LogP contribution in [0.5, 0.6) is 0 Å². The van der Waals surface area contributed by atoms with Crippen LogP contribution in [-0.4, -0.2) is 24.8 Å². The first-order valence-electron chi connectivity index (χ1n) is 5.92. The minimum absolute atomic E-state index is 0.337. The second kappa shape index (κ2) is 4.78. The van der Waals surface area contributed by atoms with Crippen molar-refractivity contribution < 1.29 is 9.53 Å². The van der Waals surface area contributed by atoms with Crippen LogP contribution in [0.2, 0.25) is 5.02 Å². The number of carbonyl (C=O) groups excluding carboxylic acids is 1. The van der Waals surface area contributed by atoms with Gasteiger partial charge in [-0.25, -0.2) is 4.79 Å². The highest BCUT2D eigenvalue weighted by Gasteiger charge is 2.41. The van der Waals surface area contributed by atoms with E-state index in [0.29, 0.717) is 24.5 Å². The van der Waals surface area contributed by atoms with Gasteiger partial charge in [0.25, 0.3) is 0 Å². The second-order valence-electron chi connectivity index (χ2n) is 4.87. The zero-order chi connectivity index (χ0) is 13.3. The van der Waals surface area contributed by atoms with Gasteiger partial charge in [-0.3, -0.25) is 4.90 Å². The smallest absolute Gasteiger partial charge is 0.415 e. The normalized spacial score (nSPS) is 23.3. The molecule has 0 bridgehead atoms. The maximum atomic E-state index is 11.9. The Morgan fingerprint density at radius 1 is 1.56 bits per heavy atom. The van der Waals surface area contributed by atoms with Gasteiger partial charge in [0.1, 0.15) is 5.60 Å². The van der Waals surface area contributed by atoms with Crippen molar-refractivity contribution in [3.8, 4) is 0 Å². The summed E-state index contributed by atoms with van der Waals surface area (Å²) in [6, 6.07) is 5.48. The SMILES string of the molecule is Cc1ccc(Cl)cc1N1CC(C)(CCN)OC1=O. The molecule has 0 aliphatic carbocycles. The highest BCUT2D eigenvalue weighted by molar-refractivity contribution is 6.31. The van der Waals surface area contributed by atoms with Crippen LogP contribution in [0, 0.1) is 6.92 Å². The Labute approximate surface area is 112 Å². The van der Waals surface area contributed by atoms with Gasteiger partial charge in [0.05, 0.1) is 12.2 Å². The first-order valence-corrected chi connectivity index (χ1v) is 6.30. The number of amides is 1. The third-order valence-electron chi connectivity index (χ3n) is 3.18. The summed E-state index contributed by atoms with van der Waals surface area (Å²) < 4.78 is 5.42. The van der Waals surface area contributed by atoms with Gasteiger partial charge in [-0.2, -0.15) is 0 Å². The Hall–Kier alpha value is -1.26. The molecule has 5 heteroatoms. The molecule has 1 aliphatic heterocycles. The average Bonchev–Trinajstić information content (AvgIpc) is 2.58. The molecule has 0 radical (unpaired) electrons. The number of ether oxygens (including phenoxy) is 1. The zero-order valence-corrected chi connectivity index (χ0v) is 11.3. The molecule has 98 valence electrons. The predicted octanol–water partition coefficient (Wildman–Crippen LogP) is 2.71. The number of nitrogens with two attached hydrogens (primary N) is 1. The van der Waals surface area contributed by atoms with Crippen LogP contribution in [0.4, 0.5) is 10.5 Å². The Morgan fingerprint density at radius 3 is 2.94 bits per heavy atom. The van der Waals surface area contributed by atoms with Gasteiger partial charge in [-0.1, -0.05) is 17.7 Å². The Morgan fingerprint density at radius 2 is 2.28 bits per heavy atom. The highest BCUT2D eigenvalue weighted by atomic mass is 35.5. The van der Waals surface area contributed by atoms with E-state index in [1.54, 1.807) is 17.0 Å². The number of nitrogens with zero attached hydrogens (tertiary/aromatic N) is 1. The standard InChI is InChI=1S/C13H17ClN2O2/c1-9-3-4-10(14)7-11(9)16-8-13(2,5-6-15)18-12(16)17/h3-4,7H,5-6,8,15H2,1-2H3. The lowest BCUT2D eigenvalue weighted by Gasteiger charge is -2.21. The molecule has 1 fully saturated rings. The Bertz CT molecular complexity index is 478. The summed E-state index contributed by atoms with van der Waals surface area (Å²) >= 11 is 5.98. The van der Waals surface area contributed by atoms with Gasteiger partial charge in [-0.15, -0.1) is 0 Å². The molecule has 0 aromatic heterocycles. The summed E-state index contributed by atoms with van der Waals surface area (Å²) in [6.07, 6.45) is 0.311. The fourth-order valence-electron chi connectivity index (χ4n) is 2.19. The summed E-state index contributed by atoms with van der Waals surface area (Å²) in [5, 5.41) is 0.607. The lowest BCUT2D eigenvalue weighted by atomic mass is 10.0. The summed E-state index contributed by atoms with van der Waals surface area (Å²) in [7, 11) is 0. The molecule has 2 N–H and O–H groups in total. The molecule has 1 aromatic carbocycles. The molecule has 1 atom stereocenters. The first kappa shape index (κ1) is 13.2. The van der Waals surface area contributed by atoms with Gasteiger partial charge in [0.15, 0.2) is 0 Å². The molecule has 4 nitrogen and oxygen atoms in total. The maximum Gasteiger partial charge on any atom is 0.415 e. The van der Waals surface area contributed by atoms with Gasteiger partial charge >= 0.3 is 6.09 Å². The number of cyclic esters (lactones) is 1. The minimum atomic E-state index is -0.513.